The Morgan fingerprint density at radius 2 is 2.07 bits per heavy atom. The molecule has 0 saturated carbocycles. The number of benzene rings is 1. The number of carbonyl (C=O) groups is 1. The van der Waals surface area contributed by atoms with Crippen LogP contribution >= 0.6 is 0 Å². The summed E-state index contributed by atoms with van der Waals surface area (Å²) in [7, 11) is 0. The van der Waals surface area contributed by atoms with Crippen LogP contribution in [0.5, 0.6) is 0 Å². The van der Waals surface area contributed by atoms with Crippen molar-refractivity contribution in [3.63, 3.8) is 0 Å². The highest BCUT2D eigenvalue weighted by atomic mass is 19.1. The summed E-state index contributed by atoms with van der Waals surface area (Å²) >= 11 is 0. The number of aromatic amines is 1. The van der Waals surface area contributed by atoms with Crippen molar-refractivity contribution in [2.24, 2.45) is 0 Å². The van der Waals surface area contributed by atoms with E-state index in [1.54, 1.807) is 19.1 Å². The van der Waals surface area contributed by atoms with Crippen molar-refractivity contribution in [3.05, 3.63) is 52.9 Å². The smallest absolute Gasteiger partial charge is 0.255 e. The van der Waals surface area contributed by atoms with Gasteiger partial charge in [-0.2, -0.15) is 0 Å². The highest BCUT2D eigenvalue weighted by Crippen LogP contribution is 2.37. The number of nitrogens with one attached hydrogen (secondary N) is 3. The van der Waals surface area contributed by atoms with Gasteiger partial charge in [0.05, 0.1) is 23.1 Å². The van der Waals surface area contributed by atoms with Gasteiger partial charge in [0.2, 0.25) is 5.95 Å². The van der Waals surface area contributed by atoms with Gasteiger partial charge in [-0.1, -0.05) is 6.07 Å². The lowest BCUT2D eigenvalue weighted by Gasteiger charge is -2.16. The SMILES string of the molecule is Cc1c(F)cccc1Nc1c(-c2nc(N)ncc2F)[nH]c2c1C(=O)NCC2. The number of anilines is 3. The number of fused-ring (bicyclic) bond motifs is 1. The van der Waals surface area contributed by atoms with Gasteiger partial charge in [0, 0.05) is 29.9 Å². The van der Waals surface area contributed by atoms with Crippen LogP contribution in [0.2, 0.25) is 0 Å². The van der Waals surface area contributed by atoms with Crippen LogP contribution < -0.4 is 16.4 Å². The molecule has 0 saturated heterocycles. The van der Waals surface area contributed by atoms with E-state index in [0.717, 1.165) is 6.20 Å². The summed E-state index contributed by atoms with van der Waals surface area (Å²) < 4.78 is 28.3. The van der Waals surface area contributed by atoms with Crippen LogP contribution in [0.3, 0.4) is 0 Å². The van der Waals surface area contributed by atoms with E-state index in [1.165, 1.54) is 6.07 Å². The average Bonchev–Trinajstić information content (AvgIpc) is 3.00. The number of rotatable bonds is 3. The van der Waals surface area contributed by atoms with Crippen molar-refractivity contribution in [3.8, 4) is 11.4 Å². The Morgan fingerprint density at radius 1 is 1.26 bits per heavy atom. The predicted octanol–water partition coefficient (Wildman–Crippen LogP) is 2.67. The molecule has 0 spiro atoms. The Bertz CT molecular complexity index is 1060. The van der Waals surface area contributed by atoms with Crippen LogP contribution in [0.25, 0.3) is 11.4 Å². The van der Waals surface area contributed by atoms with E-state index >= 15 is 0 Å². The van der Waals surface area contributed by atoms with Gasteiger partial charge >= 0.3 is 0 Å². The molecule has 0 aliphatic carbocycles. The second-order valence-corrected chi connectivity index (χ2v) is 6.20. The zero-order valence-corrected chi connectivity index (χ0v) is 14.4. The molecular formula is C18H16F2N6O. The molecule has 1 aliphatic rings. The van der Waals surface area contributed by atoms with Gasteiger partial charge in [0.1, 0.15) is 11.5 Å². The molecule has 3 heterocycles. The first-order valence-corrected chi connectivity index (χ1v) is 8.29. The van der Waals surface area contributed by atoms with E-state index in [2.05, 4.69) is 25.6 Å². The minimum Gasteiger partial charge on any atom is -0.368 e. The van der Waals surface area contributed by atoms with Crippen molar-refractivity contribution in [2.75, 3.05) is 17.6 Å². The lowest BCUT2D eigenvalue weighted by molar-refractivity contribution is 0.0947. The number of amides is 1. The Balaban J connectivity index is 1.93. The summed E-state index contributed by atoms with van der Waals surface area (Å²) in [6.07, 6.45) is 1.51. The molecule has 9 heteroatoms. The van der Waals surface area contributed by atoms with Gasteiger partial charge in [-0.25, -0.2) is 18.7 Å². The second-order valence-electron chi connectivity index (χ2n) is 6.20. The third-order valence-corrected chi connectivity index (χ3v) is 4.49. The Hall–Kier alpha value is -3.49. The summed E-state index contributed by atoms with van der Waals surface area (Å²) in [6, 6.07) is 4.56. The summed E-state index contributed by atoms with van der Waals surface area (Å²) in [5, 5.41) is 5.82. The molecule has 1 amide bonds. The molecule has 3 aromatic rings. The van der Waals surface area contributed by atoms with Crippen LogP contribution in [0.1, 0.15) is 21.6 Å². The van der Waals surface area contributed by atoms with Gasteiger partial charge in [-0.05, 0) is 19.1 Å². The summed E-state index contributed by atoms with van der Waals surface area (Å²) in [5.41, 5.74) is 7.92. The zero-order valence-electron chi connectivity index (χ0n) is 14.4. The van der Waals surface area contributed by atoms with E-state index in [4.69, 9.17) is 5.73 Å². The van der Waals surface area contributed by atoms with E-state index in [-0.39, 0.29) is 23.2 Å². The Morgan fingerprint density at radius 3 is 2.89 bits per heavy atom. The molecule has 0 bridgehead atoms. The topological polar surface area (TPSA) is 109 Å². The van der Waals surface area contributed by atoms with Gasteiger partial charge in [0.15, 0.2) is 5.82 Å². The Kier molecular flexibility index (Phi) is 3.98. The fraction of sp³-hybridized carbons (Fsp3) is 0.167. The maximum Gasteiger partial charge on any atom is 0.255 e. The maximum absolute atomic E-state index is 14.4. The van der Waals surface area contributed by atoms with E-state index in [0.29, 0.717) is 41.2 Å². The molecule has 0 atom stereocenters. The monoisotopic (exact) mass is 370 g/mol. The molecule has 138 valence electrons. The minimum absolute atomic E-state index is 0.0683. The lowest BCUT2D eigenvalue weighted by atomic mass is 10.1. The number of carbonyl (C=O) groups excluding carboxylic acids is 1. The zero-order chi connectivity index (χ0) is 19.1. The second kappa shape index (κ2) is 6.35. The van der Waals surface area contributed by atoms with Gasteiger partial charge in [0.25, 0.3) is 5.91 Å². The van der Waals surface area contributed by atoms with Crippen molar-refractivity contribution in [1.82, 2.24) is 20.3 Å². The van der Waals surface area contributed by atoms with Crippen LogP contribution in [-0.4, -0.2) is 27.4 Å². The first-order valence-electron chi connectivity index (χ1n) is 8.29. The third kappa shape index (κ3) is 2.86. The number of hydrogen-bond donors (Lipinski definition) is 4. The number of hydrogen-bond acceptors (Lipinski definition) is 5. The fourth-order valence-electron chi connectivity index (χ4n) is 3.12. The number of nitrogens with two attached hydrogens (primary N) is 1. The number of H-pyrrole nitrogens is 1. The summed E-state index contributed by atoms with van der Waals surface area (Å²) in [5.74, 6) is -1.50. The molecule has 27 heavy (non-hydrogen) atoms. The summed E-state index contributed by atoms with van der Waals surface area (Å²) in [6.45, 7) is 2.07. The van der Waals surface area contributed by atoms with Gasteiger partial charge in [-0.15, -0.1) is 0 Å². The maximum atomic E-state index is 14.4. The highest BCUT2D eigenvalue weighted by Gasteiger charge is 2.29. The lowest BCUT2D eigenvalue weighted by Crippen LogP contribution is -2.31. The largest absolute Gasteiger partial charge is 0.368 e. The normalized spacial score (nSPS) is 13.2. The van der Waals surface area contributed by atoms with Crippen molar-refractivity contribution < 1.29 is 13.6 Å². The fourth-order valence-corrected chi connectivity index (χ4v) is 3.12. The van der Waals surface area contributed by atoms with E-state index < -0.39 is 11.6 Å². The van der Waals surface area contributed by atoms with E-state index in [9.17, 15) is 13.6 Å². The van der Waals surface area contributed by atoms with Crippen molar-refractivity contribution >= 4 is 23.2 Å². The predicted molar refractivity (Wildman–Crippen MR) is 96.6 cm³/mol. The van der Waals surface area contributed by atoms with Crippen LogP contribution in [-0.2, 0) is 6.42 Å². The van der Waals surface area contributed by atoms with Crippen LogP contribution in [0, 0.1) is 18.6 Å². The molecular weight excluding hydrogens is 354 g/mol. The molecule has 0 radical (unpaired) electrons. The molecule has 7 nitrogen and oxygen atoms in total. The van der Waals surface area contributed by atoms with Crippen molar-refractivity contribution in [2.45, 2.75) is 13.3 Å². The number of nitrogen functional groups attached to an aromatic ring is 1. The molecule has 2 aromatic heterocycles. The Labute approximate surface area is 153 Å². The van der Waals surface area contributed by atoms with Gasteiger partial charge < -0.3 is 21.4 Å². The van der Waals surface area contributed by atoms with Crippen LogP contribution in [0.15, 0.2) is 24.4 Å². The summed E-state index contributed by atoms with van der Waals surface area (Å²) in [4.78, 5) is 23.1. The van der Waals surface area contributed by atoms with Crippen LogP contribution in [0.4, 0.5) is 26.1 Å². The first kappa shape index (κ1) is 17.0. The molecule has 5 N–H and O–H groups in total. The highest BCUT2D eigenvalue weighted by molar-refractivity contribution is 6.06. The van der Waals surface area contributed by atoms with Crippen molar-refractivity contribution in [1.29, 1.82) is 0 Å². The van der Waals surface area contributed by atoms with E-state index in [1.807, 2.05) is 0 Å². The number of aromatic nitrogens is 3. The first-order chi connectivity index (χ1) is 13.0. The number of nitrogens with zero attached hydrogens (tertiary/aromatic N) is 2. The standard InChI is InChI=1S/C18H16F2N6O/c1-8-9(19)3-2-4-11(8)24-15-13-12(5-6-22-17(13)27)25-16(15)14-10(20)7-23-18(21)26-14/h2-4,7,24-25H,5-6H2,1H3,(H,22,27)(H2,21,23,26). The minimum atomic E-state index is -0.692. The molecule has 1 aromatic carbocycles. The quantitative estimate of drug-likeness (QED) is 0.567. The molecule has 4 rings (SSSR count). The third-order valence-electron chi connectivity index (χ3n) is 4.49. The molecule has 1 aliphatic heterocycles. The molecule has 0 fully saturated rings. The average molecular weight is 370 g/mol. The van der Waals surface area contributed by atoms with Gasteiger partial charge in [-0.3, -0.25) is 4.79 Å². The molecule has 0 unspecified atom stereocenters. The number of halogens is 2.